The Morgan fingerprint density at radius 2 is 1.34 bits per heavy atom. The van der Waals surface area contributed by atoms with E-state index in [9.17, 15) is 9.59 Å². The monoisotopic (exact) mass is 562 g/mol. The highest BCUT2D eigenvalue weighted by Crippen LogP contribution is 2.50. The molecule has 4 aromatic carbocycles. The van der Waals surface area contributed by atoms with Gasteiger partial charge in [0, 0.05) is 27.0 Å². The first-order valence-electron chi connectivity index (χ1n) is 12.2. The summed E-state index contributed by atoms with van der Waals surface area (Å²) in [6.07, 6.45) is 1.87. The number of ether oxygens (including phenoxy) is 1. The van der Waals surface area contributed by atoms with Crippen molar-refractivity contribution >= 4 is 45.2 Å². The van der Waals surface area contributed by atoms with E-state index < -0.39 is 6.04 Å². The normalized spacial score (nSPS) is 17.9. The Hall–Kier alpha value is -4.42. The molecule has 5 nitrogen and oxygen atoms in total. The van der Waals surface area contributed by atoms with Crippen LogP contribution >= 0.6 is 15.9 Å². The molecule has 0 saturated carbocycles. The summed E-state index contributed by atoms with van der Waals surface area (Å²) < 4.78 is 6.24. The molecule has 186 valence electrons. The van der Waals surface area contributed by atoms with Crippen molar-refractivity contribution in [2.75, 3.05) is 16.9 Å². The fraction of sp³-hybridized carbons (Fsp3) is 0.0625. The minimum absolute atomic E-state index is 0.213. The molecule has 2 amide bonds. The molecule has 38 heavy (non-hydrogen) atoms. The number of benzene rings is 4. The summed E-state index contributed by atoms with van der Waals surface area (Å²) in [4.78, 5) is 31.7. The van der Waals surface area contributed by atoms with E-state index in [0.29, 0.717) is 22.5 Å². The van der Waals surface area contributed by atoms with Gasteiger partial charge in [-0.2, -0.15) is 0 Å². The van der Waals surface area contributed by atoms with Gasteiger partial charge in [0.25, 0.3) is 11.8 Å². The molecule has 0 bridgehead atoms. The summed E-state index contributed by atoms with van der Waals surface area (Å²) in [5.41, 5.74) is 4.76. The number of hydrogen-bond donors (Lipinski definition) is 0. The molecule has 6 rings (SSSR count). The second-order valence-electron chi connectivity index (χ2n) is 9.03. The first-order chi connectivity index (χ1) is 18.6. The molecule has 0 fully saturated rings. The third kappa shape index (κ3) is 4.03. The lowest BCUT2D eigenvalue weighted by molar-refractivity contribution is -0.118. The summed E-state index contributed by atoms with van der Waals surface area (Å²) in [6.45, 7) is 0. The number of rotatable bonds is 5. The molecule has 0 aromatic heterocycles. The smallest absolute Gasteiger partial charge is 0.276 e. The molecule has 0 spiro atoms. The molecule has 2 aliphatic rings. The predicted octanol–water partition coefficient (Wildman–Crippen LogP) is 6.93. The molecule has 0 radical (unpaired) electrons. The van der Waals surface area contributed by atoms with Gasteiger partial charge in [-0.1, -0.05) is 76.6 Å². The Balaban J connectivity index is 1.59. The summed E-state index contributed by atoms with van der Waals surface area (Å²) in [5, 5.41) is 0. The number of methoxy groups -OCH3 is 1. The van der Waals surface area contributed by atoms with E-state index in [2.05, 4.69) is 15.9 Å². The first kappa shape index (κ1) is 23.9. The van der Waals surface area contributed by atoms with Crippen LogP contribution in [-0.4, -0.2) is 18.9 Å². The van der Waals surface area contributed by atoms with Crippen molar-refractivity contribution in [3.05, 3.63) is 142 Å². The average molecular weight is 563 g/mol. The molecule has 0 unspecified atom stereocenters. The summed E-state index contributed by atoms with van der Waals surface area (Å²) >= 11 is 3.52. The van der Waals surface area contributed by atoms with Crippen molar-refractivity contribution < 1.29 is 14.3 Å². The highest BCUT2D eigenvalue weighted by molar-refractivity contribution is 9.10. The molecular formula is C32H23BrN2O3. The molecule has 2 heterocycles. The zero-order valence-electron chi connectivity index (χ0n) is 20.5. The number of halogens is 1. The van der Waals surface area contributed by atoms with Crippen molar-refractivity contribution in [2.45, 2.75) is 6.04 Å². The minimum Gasteiger partial charge on any atom is -0.497 e. The van der Waals surface area contributed by atoms with E-state index in [4.69, 9.17) is 4.74 Å². The van der Waals surface area contributed by atoms with Crippen LogP contribution in [0.2, 0.25) is 0 Å². The quantitative estimate of drug-likeness (QED) is 0.248. The average Bonchev–Trinajstić information content (AvgIpc) is 3.41. The lowest BCUT2D eigenvalue weighted by Crippen LogP contribution is -2.38. The Labute approximate surface area is 229 Å². The van der Waals surface area contributed by atoms with Crippen LogP contribution in [0, 0.1) is 0 Å². The number of carbonyl (C=O) groups is 2. The minimum atomic E-state index is -0.477. The van der Waals surface area contributed by atoms with Crippen LogP contribution < -0.4 is 14.5 Å². The van der Waals surface area contributed by atoms with Crippen LogP contribution in [-0.2, 0) is 9.59 Å². The third-order valence-electron chi connectivity index (χ3n) is 6.82. The van der Waals surface area contributed by atoms with Crippen molar-refractivity contribution in [2.24, 2.45) is 0 Å². The summed E-state index contributed by atoms with van der Waals surface area (Å²) in [7, 11) is 1.62. The SMILES string of the molecule is COc1ccc(/C=C2\C(=O)N(c3ccccc3)C3=C2[C@@H](c2ccc(Br)cc2)N(c2ccccc2)C3=O)cc1. The van der Waals surface area contributed by atoms with Gasteiger partial charge < -0.3 is 4.74 Å². The van der Waals surface area contributed by atoms with E-state index in [1.54, 1.807) is 16.9 Å². The van der Waals surface area contributed by atoms with Gasteiger partial charge in [0.2, 0.25) is 0 Å². The lowest BCUT2D eigenvalue weighted by Gasteiger charge is -2.30. The number of hydrogen-bond acceptors (Lipinski definition) is 3. The predicted molar refractivity (Wildman–Crippen MR) is 153 cm³/mol. The number of nitrogens with zero attached hydrogens (tertiary/aromatic N) is 2. The lowest BCUT2D eigenvalue weighted by atomic mass is 9.93. The van der Waals surface area contributed by atoms with Crippen LogP contribution in [0.1, 0.15) is 17.2 Å². The molecule has 0 N–H and O–H groups in total. The van der Waals surface area contributed by atoms with E-state index in [-0.39, 0.29) is 11.8 Å². The fourth-order valence-corrected chi connectivity index (χ4v) is 5.34. The van der Waals surface area contributed by atoms with Crippen molar-refractivity contribution in [3.63, 3.8) is 0 Å². The van der Waals surface area contributed by atoms with Crippen LogP contribution in [0.25, 0.3) is 6.08 Å². The van der Waals surface area contributed by atoms with Gasteiger partial charge in [0.1, 0.15) is 11.4 Å². The Bertz CT molecular complexity index is 1580. The number of para-hydroxylation sites is 2. The van der Waals surface area contributed by atoms with Gasteiger partial charge in [-0.15, -0.1) is 0 Å². The third-order valence-corrected chi connectivity index (χ3v) is 7.35. The van der Waals surface area contributed by atoms with Gasteiger partial charge in [0.15, 0.2) is 0 Å². The van der Waals surface area contributed by atoms with E-state index in [1.165, 1.54) is 0 Å². The van der Waals surface area contributed by atoms with Gasteiger partial charge in [-0.05, 0) is 65.7 Å². The zero-order valence-corrected chi connectivity index (χ0v) is 22.1. The van der Waals surface area contributed by atoms with Gasteiger partial charge in [-0.25, -0.2) is 0 Å². The topological polar surface area (TPSA) is 49.9 Å². The summed E-state index contributed by atoms with van der Waals surface area (Å²) in [6, 6.07) is 33.9. The molecule has 4 aromatic rings. The second kappa shape index (κ2) is 9.80. The summed E-state index contributed by atoms with van der Waals surface area (Å²) in [5.74, 6) is 0.296. The van der Waals surface area contributed by atoms with E-state index >= 15 is 0 Å². The maximum atomic E-state index is 14.3. The zero-order chi connectivity index (χ0) is 26.2. The number of carbonyl (C=O) groups excluding carboxylic acids is 2. The van der Waals surface area contributed by atoms with Crippen LogP contribution in [0.5, 0.6) is 5.75 Å². The fourth-order valence-electron chi connectivity index (χ4n) is 5.08. The highest BCUT2D eigenvalue weighted by atomic mass is 79.9. The van der Waals surface area contributed by atoms with Crippen LogP contribution in [0.15, 0.2) is 131 Å². The molecule has 2 aliphatic heterocycles. The molecular weight excluding hydrogens is 540 g/mol. The Morgan fingerprint density at radius 3 is 1.95 bits per heavy atom. The highest BCUT2D eigenvalue weighted by Gasteiger charge is 2.52. The van der Waals surface area contributed by atoms with Crippen LogP contribution in [0.4, 0.5) is 11.4 Å². The molecule has 0 aliphatic carbocycles. The van der Waals surface area contributed by atoms with Gasteiger partial charge in [0.05, 0.1) is 13.2 Å². The van der Waals surface area contributed by atoms with E-state index in [1.807, 2.05) is 115 Å². The van der Waals surface area contributed by atoms with Gasteiger partial charge in [-0.3, -0.25) is 19.4 Å². The molecule has 1 atom stereocenters. The molecule has 6 heteroatoms. The van der Waals surface area contributed by atoms with Crippen molar-refractivity contribution in [3.8, 4) is 5.75 Å². The Morgan fingerprint density at radius 1 is 0.737 bits per heavy atom. The van der Waals surface area contributed by atoms with E-state index in [0.717, 1.165) is 27.0 Å². The Kier molecular flexibility index (Phi) is 6.18. The second-order valence-corrected chi connectivity index (χ2v) is 9.95. The van der Waals surface area contributed by atoms with Crippen molar-refractivity contribution in [1.82, 2.24) is 0 Å². The standard InChI is InChI=1S/C32H23BrN2O3/c1-38-26-18-12-21(13-19-26)20-27-28-29(22-14-16-23(33)17-15-22)34(24-8-4-2-5-9-24)32(37)30(28)35(31(27)36)25-10-6-3-7-11-25/h2-20,29H,1H3/b27-20-/t29-/m1/s1. The van der Waals surface area contributed by atoms with Gasteiger partial charge >= 0.3 is 0 Å². The number of anilines is 2. The van der Waals surface area contributed by atoms with Crippen LogP contribution in [0.3, 0.4) is 0 Å². The maximum Gasteiger partial charge on any atom is 0.276 e. The largest absolute Gasteiger partial charge is 0.497 e. The number of amides is 2. The van der Waals surface area contributed by atoms with Crippen molar-refractivity contribution in [1.29, 1.82) is 0 Å². The maximum absolute atomic E-state index is 14.3. The molecule has 0 saturated heterocycles. The first-order valence-corrected chi connectivity index (χ1v) is 13.0.